The molecule has 0 radical (unpaired) electrons. The lowest BCUT2D eigenvalue weighted by Gasteiger charge is -2.51. The molecular weight excluding hydrogens is 422 g/mol. The van der Waals surface area contributed by atoms with Crippen molar-refractivity contribution in [2.75, 3.05) is 26.3 Å². The van der Waals surface area contributed by atoms with Crippen LogP contribution in [0, 0.1) is 0 Å². The van der Waals surface area contributed by atoms with Gasteiger partial charge in [0.05, 0.1) is 25.0 Å². The van der Waals surface area contributed by atoms with Crippen LogP contribution in [0.2, 0.25) is 0 Å². The number of amides is 1. The average molecular weight is 452 g/mol. The first kappa shape index (κ1) is 21.4. The number of piperidine rings is 1. The fourth-order valence-corrected chi connectivity index (χ4v) is 5.00. The predicted molar refractivity (Wildman–Crippen MR) is 123 cm³/mol. The third kappa shape index (κ3) is 3.63. The highest BCUT2D eigenvalue weighted by atomic mass is 16.6. The summed E-state index contributed by atoms with van der Waals surface area (Å²) >= 11 is 0. The third-order valence-corrected chi connectivity index (χ3v) is 6.57. The van der Waals surface area contributed by atoms with E-state index >= 15 is 0 Å². The van der Waals surface area contributed by atoms with E-state index in [4.69, 9.17) is 19.3 Å². The Bertz CT molecular complexity index is 1080. The first-order chi connectivity index (χ1) is 16.1. The van der Waals surface area contributed by atoms with Crippen molar-refractivity contribution in [1.82, 2.24) is 9.91 Å². The molecule has 1 amide bonds. The van der Waals surface area contributed by atoms with E-state index in [1.54, 1.807) is 17.0 Å². The number of hydrazone groups is 1. The number of likely N-dealkylation sites (tertiary alicyclic amines) is 1. The van der Waals surface area contributed by atoms with E-state index in [1.807, 2.05) is 38.1 Å². The van der Waals surface area contributed by atoms with E-state index in [2.05, 4.69) is 11.1 Å². The van der Waals surface area contributed by atoms with E-state index in [-0.39, 0.29) is 17.9 Å². The molecule has 3 aliphatic rings. The molecule has 1 unspecified atom stereocenters. The van der Waals surface area contributed by atoms with Crippen molar-refractivity contribution in [3.8, 4) is 17.2 Å². The van der Waals surface area contributed by atoms with Gasteiger partial charge in [-0.3, -0.25) is 0 Å². The molecule has 0 bridgehead atoms. The molecule has 1 N–H and O–H groups in total. The largest absolute Gasteiger partial charge is 0.507 e. The van der Waals surface area contributed by atoms with Crippen LogP contribution in [0.25, 0.3) is 0 Å². The molecule has 174 valence electrons. The zero-order valence-corrected chi connectivity index (χ0v) is 19.0. The lowest BCUT2D eigenvalue weighted by Crippen LogP contribution is -2.59. The molecule has 3 heterocycles. The molecule has 8 nitrogen and oxygen atoms in total. The van der Waals surface area contributed by atoms with E-state index in [9.17, 15) is 9.90 Å². The van der Waals surface area contributed by atoms with Gasteiger partial charge in [-0.1, -0.05) is 24.3 Å². The first-order valence-electron chi connectivity index (χ1n) is 11.6. The Morgan fingerprint density at radius 3 is 2.67 bits per heavy atom. The van der Waals surface area contributed by atoms with Crippen LogP contribution in [0.15, 0.2) is 47.6 Å². The van der Waals surface area contributed by atoms with Crippen molar-refractivity contribution in [2.45, 2.75) is 44.9 Å². The van der Waals surface area contributed by atoms with E-state index in [0.717, 1.165) is 28.3 Å². The standard InChI is InChI=1S/C25H29N3O5/c1-3-31-22-11-7-9-18-20-16-19(17-8-5-6-10-21(17)29)26-28(20)25(33-23(18)22)12-14-27(15-13-25)24(30)32-4-2/h5-11,20,29H,3-4,12-16H2,1-2H3. The van der Waals surface area contributed by atoms with Crippen LogP contribution in [-0.2, 0) is 4.74 Å². The second-order valence-corrected chi connectivity index (χ2v) is 8.47. The highest BCUT2D eigenvalue weighted by Gasteiger charge is 2.53. The van der Waals surface area contributed by atoms with Gasteiger partial charge >= 0.3 is 6.09 Å². The molecule has 1 saturated heterocycles. The molecule has 1 fully saturated rings. The molecule has 0 saturated carbocycles. The lowest BCUT2D eigenvalue weighted by atomic mass is 9.90. The summed E-state index contributed by atoms with van der Waals surface area (Å²) in [4.78, 5) is 14.0. The number of benzene rings is 2. The molecule has 8 heteroatoms. The summed E-state index contributed by atoms with van der Waals surface area (Å²) in [6.07, 6.45) is 1.52. The van der Waals surface area contributed by atoms with E-state index < -0.39 is 5.72 Å². The van der Waals surface area contributed by atoms with Crippen molar-refractivity contribution in [3.05, 3.63) is 53.6 Å². The quantitative estimate of drug-likeness (QED) is 0.747. The van der Waals surface area contributed by atoms with Gasteiger partial charge in [0.1, 0.15) is 5.75 Å². The smallest absolute Gasteiger partial charge is 0.409 e. The summed E-state index contributed by atoms with van der Waals surface area (Å²) in [5, 5.41) is 17.5. The highest BCUT2D eigenvalue weighted by molar-refractivity contribution is 6.04. The van der Waals surface area contributed by atoms with Crippen LogP contribution in [0.3, 0.4) is 0 Å². The van der Waals surface area contributed by atoms with Crippen molar-refractivity contribution < 1.29 is 24.1 Å². The number of para-hydroxylation sites is 2. The van der Waals surface area contributed by atoms with Crippen LogP contribution in [0.4, 0.5) is 4.79 Å². The number of aromatic hydroxyl groups is 1. The third-order valence-electron chi connectivity index (χ3n) is 6.57. The van der Waals surface area contributed by atoms with Gasteiger partial charge in [0.25, 0.3) is 0 Å². The SMILES string of the molecule is CCOC(=O)N1CCC2(CC1)Oc1c(OCC)cccc1C1CC(c3ccccc3O)=NN12. The minimum absolute atomic E-state index is 0.0436. The lowest BCUT2D eigenvalue weighted by molar-refractivity contribution is -0.148. The molecule has 33 heavy (non-hydrogen) atoms. The van der Waals surface area contributed by atoms with Gasteiger partial charge < -0.3 is 24.2 Å². The predicted octanol–water partition coefficient (Wildman–Crippen LogP) is 4.28. The zero-order chi connectivity index (χ0) is 23.0. The molecule has 0 aromatic heterocycles. The summed E-state index contributed by atoms with van der Waals surface area (Å²) in [7, 11) is 0. The Balaban J connectivity index is 1.53. The zero-order valence-electron chi connectivity index (χ0n) is 19.0. The van der Waals surface area contributed by atoms with Crippen molar-refractivity contribution >= 4 is 11.8 Å². The van der Waals surface area contributed by atoms with Gasteiger partial charge in [-0.05, 0) is 32.0 Å². The van der Waals surface area contributed by atoms with Gasteiger partial charge in [0.2, 0.25) is 5.72 Å². The number of phenols is 1. The first-order valence-corrected chi connectivity index (χ1v) is 11.6. The maximum Gasteiger partial charge on any atom is 0.409 e. The molecule has 3 aliphatic heterocycles. The number of carbonyl (C=O) groups excluding carboxylic acids is 1. The summed E-state index contributed by atoms with van der Waals surface area (Å²) in [5.41, 5.74) is 1.87. The maximum atomic E-state index is 12.3. The van der Waals surface area contributed by atoms with Gasteiger partial charge in [0.15, 0.2) is 11.5 Å². The monoisotopic (exact) mass is 451 g/mol. The molecular formula is C25H29N3O5. The number of phenolic OH excluding ortho intramolecular Hbond substituents is 1. The van der Waals surface area contributed by atoms with Crippen LogP contribution in [0.5, 0.6) is 17.2 Å². The van der Waals surface area contributed by atoms with E-state index in [1.165, 1.54) is 0 Å². The Morgan fingerprint density at radius 1 is 1.15 bits per heavy atom. The number of nitrogens with zero attached hydrogens (tertiary/aromatic N) is 3. The van der Waals surface area contributed by atoms with Gasteiger partial charge in [-0.25, -0.2) is 9.80 Å². The van der Waals surface area contributed by atoms with Crippen LogP contribution in [0.1, 0.15) is 50.3 Å². The van der Waals surface area contributed by atoms with E-state index in [0.29, 0.717) is 45.6 Å². The second kappa shape index (κ2) is 8.50. The Hall–Kier alpha value is -3.42. The Morgan fingerprint density at radius 2 is 1.94 bits per heavy atom. The van der Waals surface area contributed by atoms with Gasteiger partial charge in [-0.15, -0.1) is 0 Å². The second-order valence-electron chi connectivity index (χ2n) is 8.47. The fourth-order valence-electron chi connectivity index (χ4n) is 5.00. The number of hydrogen-bond donors (Lipinski definition) is 1. The maximum absolute atomic E-state index is 12.3. The number of carbonyl (C=O) groups is 1. The summed E-state index contributed by atoms with van der Waals surface area (Å²) in [5.74, 6) is 1.68. The molecule has 5 rings (SSSR count). The van der Waals surface area contributed by atoms with Crippen molar-refractivity contribution in [2.24, 2.45) is 5.10 Å². The Kier molecular flexibility index (Phi) is 5.52. The van der Waals surface area contributed by atoms with Gasteiger partial charge in [0, 0.05) is 43.5 Å². The van der Waals surface area contributed by atoms with Crippen molar-refractivity contribution in [1.29, 1.82) is 0 Å². The van der Waals surface area contributed by atoms with Crippen LogP contribution >= 0.6 is 0 Å². The van der Waals surface area contributed by atoms with Gasteiger partial charge in [-0.2, -0.15) is 5.10 Å². The fraction of sp³-hybridized carbons (Fsp3) is 0.440. The number of rotatable bonds is 4. The van der Waals surface area contributed by atoms with Crippen molar-refractivity contribution in [3.63, 3.8) is 0 Å². The minimum Gasteiger partial charge on any atom is -0.507 e. The normalized spacial score (nSPS) is 20.5. The topological polar surface area (TPSA) is 83.8 Å². The summed E-state index contributed by atoms with van der Waals surface area (Å²) in [6.45, 7) is 5.67. The highest BCUT2D eigenvalue weighted by Crippen LogP contribution is 2.53. The molecule has 2 aromatic carbocycles. The van der Waals surface area contributed by atoms with Crippen LogP contribution in [-0.4, -0.2) is 58.8 Å². The molecule has 1 atom stereocenters. The minimum atomic E-state index is -0.708. The molecule has 0 aliphatic carbocycles. The Labute approximate surface area is 193 Å². The summed E-state index contributed by atoms with van der Waals surface area (Å²) < 4.78 is 17.8. The molecule has 1 spiro atoms. The summed E-state index contributed by atoms with van der Waals surface area (Å²) in [6, 6.07) is 13.2. The van der Waals surface area contributed by atoms with Crippen LogP contribution < -0.4 is 9.47 Å². The average Bonchev–Trinajstić information content (AvgIpc) is 3.28. The molecule has 2 aromatic rings. The number of ether oxygens (including phenoxy) is 3. The number of fused-ring (bicyclic) bond motifs is 4. The number of hydrogen-bond acceptors (Lipinski definition) is 7.